The number of nitrogens with one attached hydrogen (secondary N) is 1. The molecule has 0 radical (unpaired) electrons. The summed E-state index contributed by atoms with van der Waals surface area (Å²) in [6, 6.07) is 5.98. The molecule has 1 aromatic rings. The number of ether oxygens (including phenoxy) is 1. The van der Waals surface area contributed by atoms with E-state index >= 15 is 0 Å². The highest BCUT2D eigenvalue weighted by molar-refractivity contribution is 5.94. The molecule has 27 heavy (non-hydrogen) atoms. The summed E-state index contributed by atoms with van der Waals surface area (Å²) in [7, 11) is 5.50. The van der Waals surface area contributed by atoms with Gasteiger partial charge in [0.05, 0.1) is 0 Å². The number of rotatable bonds is 9. The summed E-state index contributed by atoms with van der Waals surface area (Å²) in [6.45, 7) is 6.81. The largest absolute Gasteiger partial charge is 0.377 e. The molecule has 6 nitrogen and oxygen atoms in total. The van der Waals surface area contributed by atoms with E-state index in [4.69, 9.17) is 4.74 Å². The Morgan fingerprint density at radius 3 is 2.41 bits per heavy atom. The van der Waals surface area contributed by atoms with Crippen LogP contribution in [0, 0.1) is 11.8 Å². The molecule has 0 heterocycles. The summed E-state index contributed by atoms with van der Waals surface area (Å²) in [4.78, 5) is 28.7. The van der Waals surface area contributed by atoms with E-state index in [-0.39, 0.29) is 30.4 Å². The van der Waals surface area contributed by atoms with Crippen LogP contribution in [-0.2, 0) is 20.9 Å². The monoisotopic (exact) mass is 375 g/mol. The van der Waals surface area contributed by atoms with E-state index < -0.39 is 0 Å². The second-order valence-corrected chi connectivity index (χ2v) is 7.94. The normalized spacial score (nSPS) is 14.8. The molecular weight excluding hydrogens is 342 g/mol. The molecule has 2 amide bonds. The highest BCUT2D eigenvalue weighted by Crippen LogP contribution is 2.31. The van der Waals surface area contributed by atoms with Crippen molar-refractivity contribution >= 4 is 23.2 Å². The number of carbonyl (C=O) groups is 2. The fraction of sp³-hybridized carbons (Fsp3) is 0.619. The first-order valence-electron chi connectivity index (χ1n) is 9.64. The predicted molar refractivity (Wildman–Crippen MR) is 109 cm³/mol. The van der Waals surface area contributed by atoms with Gasteiger partial charge in [-0.05, 0) is 49.4 Å². The van der Waals surface area contributed by atoms with Gasteiger partial charge < -0.3 is 19.9 Å². The van der Waals surface area contributed by atoms with E-state index in [0.717, 1.165) is 29.8 Å². The first-order valence-corrected chi connectivity index (χ1v) is 9.64. The maximum atomic E-state index is 12.7. The number of hydrogen-bond donors (Lipinski definition) is 1. The van der Waals surface area contributed by atoms with E-state index in [2.05, 4.69) is 26.1 Å². The summed E-state index contributed by atoms with van der Waals surface area (Å²) >= 11 is 0. The van der Waals surface area contributed by atoms with Crippen LogP contribution in [0.15, 0.2) is 18.2 Å². The predicted octanol–water partition coefficient (Wildman–Crippen LogP) is 3.12. The average molecular weight is 376 g/mol. The number of carbonyl (C=O) groups excluding carboxylic acids is 2. The molecule has 1 saturated carbocycles. The van der Waals surface area contributed by atoms with Gasteiger partial charge in [0.15, 0.2) is 0 Å². The van der Waals surface area contributed by atoms with Gasteiger partial charge >= 0.3 is 0 Å². The molecule has 1 N–H and O–H groups in total. The van der Waals surface area contributed by atoms with Crippen LogP contribution in [0.1, 0.15) is 39.2 Å². The summed E-state index contributed by atoms with van der Waals surface area (Å²) in [5, 5.41) is 3.00. The van der Waals surface area contributed by atoms with Crippen molar-refractivity contribution < 1.29 is 14.3 Å². The summed E-state index contributed by atoms with van der Waals surface area (Å²) in [6.07, 6.45) is 1.94. The molecule has 6 heteroatoms. The number of hydrogen-bond acceptors (Lipinski definition) is 4. The molecule has 1 aromatic carbocycles. The molecule has 1 atom stereocenters. The van der Waals surface area contributed by atoms with Crippen molar-refractivity contribution in [3.05, 3.63) is 23.8 Å². The molecule has 0 saturated heterocycles. The third kappa shape index (κ3) is 5.70. The summed E-state index contributed by atoms with van der Waals surface area (Å²) in [5.41, 5.74) is 2.82. The molecule has 150 valence electrons. The molecule has 0 aromatic heterocycles. The maximum absolute atomic E-state index is 12.7. The Hall–Kier alpha value is -2.08. The van der Waals surface area contributed by atoms with Gasteiger partial charge in [0.2, 0.25) is 11.8 Å². The molecule has 1 fully saturated rings. The number of methoxy groups -OCH3 is 1. The zero-order chi connectivity index (χ0) is 20.1. The zero-order valence-corrected chi connectivity index (χ0v) is 17.4. The van der Waals surface area contributed by atoms with E-state index in [9.17, 15) is 9.59 Å². The maximum Gasteiger partial charge on any atom is 0.249 e. The van der Waals surface area contributed by atoms with Crippen LogP contribution in [0.2, 0.25) is 0 Å². The lowest BCUT2D eigenvalue weighted by molar-refractivity contribution is -0.138. The fourth-order valence-corrected chi connectivity index (χ4v) is 3.03. The second-order valence-electron chi connectivity index (χ2n) is 7.94. The third-order valence-electron chi connectivity index (χ3n) is 5.16. The molecule has 0 spiro atoms. The standard InChI is InChI=1S/C21H33N3O3/c1-14(2)15(3)24(20(25)13-27-6)12-17-11-18(9-10-19(17)23(4)5)22-21(26)16-7-8-16/h9-11,14-16H,7-8,12-13H2,1-6H3,(H,22,26)/t15-/m0/s1. The number of nitrogens with zero attached hydrogens (tertiary/aromatic N) is 2. The van der Waals surface area contributed by atoms with Crippen LogP contribution < -0.4 is 10.2 Å². The lowest BCUT2D eigenvalue weighted by Gasteiger charge is -2.33. The van der Waals surface area contributed by atoms with Crippen molar-refractivity contribution in [2.75, 3.05) is 38.0 Å². The molecule has 2 rings (SSSR count). The summed E-state index contributed by atoms with van der Waals surface area (Å²) < 4.78 is 5.08. The van der Waals surface area contributed by atoms with Crippen molar-refractivity contribution in [1.29, 1.82) is 0 Å². The lowest BCUT2D eigenvalue weighted by atomic mass is 10.0. The minimum absolute atomic E-state index is 0.0316. The van der Waals surface area contributed by atoms with Gasteiger partial charge in [0.25, 0.3) is 0 Å². The smallest absolute Gasteiger partial charge is 0.249 e. The van der Waals surface area contributed by atoms with E-state index in [1.807, 2.05) is 42.1 Å². The Labute approximate surface area is 162 Å². The van der Waals surface area contributed by atoms with E-state index in [0.29, 0.717) is 12.5 Å². The van der Waals surface area contributed by atoms with Crippen molar-refractivity contribution in [2.24, 2.45) is 11.8 Å². The number of benzene rings is 1. The molecule has 0 unspecified atom stereocenters. The van der Waals surface area contributed by atoms with Crippen LogP contribution in [0.3, 0.4) is 0 Å². The van der Waals surface area contributed by atoms with E-state index in [1.165, 1.54) is 7.11 Å². The van der Waals surface area contributed by atoms with Crippen LogP contribution in [0.4, 0.5) is 11.4 Å². The molecule has 1 aliphatic carbocycles. The van der Waals surface area contributed by atoms with Crippen molar-refractivity contribution in [2.45, 2.75) is 46.2 Å². The Morgan fingerprint density at radius 2 is 1.89 bits per heavy atom. The first-order chi connectivity index (χ1) is 12.7. The molecular formula is C21H33N3O3. The van der Waals surface area contributed by atoms with Crippen molar-refractivity contribution in [3.63, 3.8) is 0 Å². The minimum atomic E-state index is -0.0316. The Balaban J connectivity index is 2.30. The average Bonchev–Trinajstić information content (AvgIpc) is 3.44. The summed E-state index contributed by atoms with van der Waals surface area (Å²) in [5.74, 6) is 0.534. The van der Waals surface area contributed by atoms with Crippen LogP contribution in [0.25, 0.3) is 0 Å². The van der Waals surface area contributed by atoms with Crippen molar-refractivity contribution in [1.82, 2.24) is 4.90 Å². The van der Waals surface area contributed by atoms with Gasteiger partial charge in [-0.15, -0.1) is 0 Å². The van der Waals surface area contributed by atoms with E-state index in [1.54, 1.807) is 0 Å². The van der Waals surface area contributed by atoms with Gasteiger partial charge in [-0.1, -0.05) is 13.8 Å². The molecule has 1 aliphatic rings. The second kappa shape index (κ2) is 9.22. The zero-order valence-electron chi connectivity index (χ0n) is 17.4. The fourth-order valence-electron chi connectivity index (χ4n) is 3.03. The van der Waals surface area contributed by atoms with Crippen LogP contribution in [0.5, 0.6) is 0 Å². The van der Waals surface area contributed by atoms with Gasteiger partial charge in [-0.2, -0.15) is 0 Å². The molecule has 0 aliphatic heterocycles. The van der Waals surface area contributed by atoms with Crippen LogP contribution >= 0.6 is 0 Å². The van der Waals surface area contributed by atoms with Crippen molar-refractivity contribution in [3.8, 4) is 0 Å². The molecule has 0 bridgehead atoms. The Kier molecular flexibility index (Phi) is 7.25. The van der Waals surface area contributed by atoms with Gasteiger partial charge in [0, 0.05) is 51.1 Å². The van der Waals surface area contributed by atoms with Gasteiger partial charge in [-0.3, -0.25) is 9.59 Å². The Morgan fingerprint density at radius 1 is 1.22 bits per heavy atom. The van der Waals surface area contributed by atoms with Gasteiger partial charge in [-0.25, -0.2) is 0 Å². The number of anilines is 2. The highest BCUT2D eigenvalue weighted by Gasteiger charge is 2.30. The third-order valence-corrected chi connectivity index (χ3v) is 5.16. The SMILES string of the molecule is COCC(=O)N(Cc1cc(NC(=O)C2CC2)ccc1N(C)C)[C@@H](C)C(C)C. The Bertz CT molecular complexity index is 669. The topological polar surface area (TPSA) is 61.9 Å². The minimum Gasteiger partial charge on any atom is -0.377 e. The first kappa shape index (κ1) is 21.2. The quantitative estimate of drug-likeness (QED) is 0.720. The highest BCUT2D eigenvalue weighted by atomic mass is 16.5. The lowest BCUT2D eigenvalue weighted by Crippen LogP contribution is -2.43. The number of amides is 2. The van der Waals surface area contributed by atoms with Crippen LogP contribution in [-0.4, -0.2) is 50.6 Å². The van der Waals surface area contributed by atoms with Gasteiger partial charge in [0.1, 0.15) is 6.61 Å².